The summed E-state index contributed by atoms with van der Waals surface area (Å²) in [5, 5.41) is 8.34. The van der Waals surface area contributed by atoms with Crippen molar-refractivity contribution >= 4 is 0 Å². The van der Waals surface area contributed by atoms with Crippen molar-refractivity contribution < 1.29 is 0 Å². The molecule has 0 aromatic rings. The van der Waals surface area contributed by atoms with Crippen molar-refractivity contribution in [2.24, 2.45) is 0 Å². The van der Waals surface area contributed by atoms with Gasteiger partial charge in [-0.1, -0.05) is 6.92 Å². The van der Waals surface area contributed by atoms with Gasteiger partial charge in [0.15, 0.2) is 0 Å². The van der Waals surface area contributed by atoms with Gasteiger partial charge in [-0.15, -0.1) is 0 Å². The molecule has 0 saturated carbocycles. The molecule has 0 aliphatic rings. The summed E-state index contributed by atoms with van der Waals surface area (Å²) in [5.74, 6) is 0. The molecule has 52 valence electrons. The molecule has 0 bridgehead atoms. The van der Waals surface area contributed by atoms with E-state index in [9.17, 15) is 0 Å². The molecule has 0 radical (unpaired) electrons. The minimum Gasteiger partial charge on any atom is -0.305 e. The highest BCUT2D eigenvalue weighted by Gasteiger charge is 2.05. The minimum absolute atomic E-state index is 0.440. The van der Waals surface area contributed by atoms with Gasteiger partial charge >= 0.3 is 0 Å². The summed E-state index contributed by atoms with van der Waals surface area (Å²) in [6.07, 6.45) is 1.70. The van der Waals surface area contributed by atoms with Crippen molar-refractivity contribution in [3.05, 3.63) is 0 Å². The van der Waals surface area contributed by atoms with Crippen LogP contribution in [0, 0.1) is 11.3 Å². The summed E-state index contributed by atoms with van der Waals surface area (Å²) in [5.41, 5.74) is 0. The van der Waals surface area contributed by atoms with Gasteiger partial charge in [-0.2, -0.15) is 5.26 Å². The standard InChI is InChI=1S/C7H14N2/c1-4-7(5-6-8)9(2)3/h7H,4-5H2,1-3H3. The molecule has 0 spiro atoms. The van der Waals surface area contributed by atoms with E-state index in [-0.39, 0.29) is 0 Å². The third-order valence-electron chi connectivity index (χ3n) is 1.53. The van der Waals surface area contributed by atoms with Crippen LogP contribution >= 0.6 is 0 Å². The monoisotopic (exact) mass is 126 g/mol. The molecule has 0 N–H and O–H groups in total. The van der Waals surface area contributed by atoms with Crippen LogP contribution in [0.5, 0.6) is 0 Å². The van der Waals surface area contributed by atoms with Crippen LogP contribution in [-0.4, -0.2) is 25.0 Å². The molecular formula is C7H14N2. The molecule has 0 aliphatic carbocycles. The van der Waals surface area contributed by atoms with Gasteiger partial charge in [0.05, 0.1) is 12.5 Å². The van der Waals surface area contributed by atoms with Crippen LogP contribution in [0.25, 0.3) is 0 Å². The third kappa shape index (κ3) is 3.10. The zero-order valence-electron chi connectivity index (χ0n) is 6.39. The Balaban J connectivity index is 3.57. The lowest BCUT2D eigenvalue weighted by Gasteiger charge is -2.18. The number of nitrogens with zero attached hydrogens (tertiary/aromatic N) is 2. The van der Waals surface area contributed by atoms with Gasteiger partial charge in [-0.05, 0) is 20.5 Å². The lowest BCUT2D eigenvalue weighted by Crippen LogP contribution is -2.26. The molecule has 1 atom stereocenters. The summed E-state index contributed by atoms with van der Waals surface area (Å²) in [6, 6.07) is 2.60. The average Bonchev–Trinajstić information content (AvgIpc) is 1.82. The van der Waals surface area contributed by atoms with Crippen molar-refractivity contribution in [2.45, 2.75) is 25.8 Å². The predicted molar refractivity (Wildman–Crippen MR) is 38.0 cm³/mol. The SMILES string of the molecule is CCC(CC#N)N(C)C. The minimum atomic E-state index is 0.440. The van der Waals surface area contributed by atoms with Gasteiger partial charge in [0, 0.05) is 6.04 Å². The fourth-order valence-electron chi connectivity index (χ4n) is 0.797. The quantitative estimate of drug-likeness (QED) is 0.569. The molecule has 0 heterocycles. The molecule has 0 aromatic heterocycles. The van der Waals surface area contributed by atoms with E-state index in [2.05, 4.69) is 17.9 Å². The second kappa shape index (κ2) is 4.34. The fourth-order valence-corrected chi connectivity index (χ4v) is 0.797. The van der Waals surface area contributed by atoms with Crippen LogP contribution in [0.4, 0.5) is 0 Å². The topological polar surface area (TPSA) is 27.0 Å². The van der Waals surface area contributed by atoms with Gasteiger partial charge in [0.25, 0.3) is 0 Å². The first kappa shape index (κ1) is 8.45. The molecule has 2 nitrogen and oxygen atoms in total. The molecule has 1 unspecified atom stereocenters. The Bertz CT molecular complexity index is 102. The third-order valence-corrected chi connectivity index (χ3v) is 1.53. The van der Waals surface area contributed by atoms with Crippen LogP contribution in [0.3, 0.4) is 0 Å². The number of rotatable bonds is 3. The van der Waals surface area contributed by atoms with E-state index >= 15 is 0 Å². The molecule has 0 rings (SSSR count). The Labute approximate surface area is 57.1 Å². The molecule has 0 fully saturated rings. The van der Waals surface area contributed by atoms with Crippen LogP contribution in [0.15, 0.2) is 0 Å². The van der Waals surface area contributed by atoms with Gasteiger partial charge in [0.2, 0.25) is 0 Å². The van der Waals surface area contributed by atoms with Gasteiger partial charge < -0.3 is 4.90 Å². The first-order valence-corrected chi connectivity index (χ1v) is 3.25. The first-order valence-electron chi connectivity index (χ1n) is 3.25. The summed E-state index contributed by atoms with van der Waals surface area (Å²) >= 11 is 0. The average molecular weight is 126 g/mol. The number of hydrogen-bond donors (Lipinski definition) is 0. The van der Waals surface area contributed by atoms with Crippen molar-refractivity contribution in [1.29, 1.82) is 5.26 Å². The molecule has 0 amide bonds. The highest BCUT2D eigenvalue weighted by molar-refractivity contribution is 4.79. The van der Waals surface area contributed by atoms with E-state index in [0.717, 1.165) is 6.42 Å². The van der Waals surface area contributed by atoms with Crippen molar-refractivity contribution in [3.63, 3.8) is 0 Å². The number of nitriles is 1. The van der Waals surface area contributed by atoms with Crippen LogP contribution in [0.2, 0.25) is 0 Å². The van der Waals surface area contributed by atoms with Crippen molar-refractivity contribution in [2.75, 3.05) is 14.1 Å². The van der Waals surface area contributed by atoms with Crippen molar-refractivity contribution in [1.82, 2.24) is 4.90 Å². The lowest BCUT2D eigenvalue weighted by molar-refractivity contribution is 0.290. The maximum absolute atomic E-state index is 8.34. The van der Waals surface area contributed by atoms with E-state index < -0.39 is 0 Å². The maximum atomic E-state index is 8.34. The zero-order valence-corrected chi connectivity index (χ0v) is 6.39. The number of hydrogen-bond acceptors (Lipinski definition) is 2. The fraction of sp³-hybridized carbons (Fsp3) is 0.857. The molecule has 0 aliphatic heterocycles. The summed E-state index contributed by atoms with van der Waals surface area (Å²) in [7, 11) is 4.01. The Morgan fingerprint density at radius 2 is 2.11 bits per heavy atom. The van der Waals surface area contributed by atoms with Crippen molar-refractivity contribution in [3.8, 4) is 6.07 Å². The molecule has 2 heteroatoms. The van der Waals surface area contributed by atoms with E-state index in [4.69, 9.17) is 5.26 Å². The van der Waals surface area contributed by atoms with Crippen LogP contribution < -0.4 is 0 Å². The summed E-state index contributed by atoms with van der Waals surface area (Å²) in [6.45, 7) is 2.10. The van der Waals surface area contributed by atoms with E-state index in [1.54, 1.807) is 0 Å². The van der Waals surface area contributed by atoms with E-state index in [1.807, 2.05) is 14.1 Å². The zero-order chi connectivity index (χ0) is 7.28. The highest BCUT2D eigenvalue weighted by atomic mass is 15.1. The maximum Gasteiger partial charge on any atom is 0.0638 e. The molecule has 9 heavy (non-hydrogen) atoms. The van der Waals surface area contributed by atoms with Crippen LogP contribution in [0.1, 0.15) is 19.8 Å². The first-order chi connectivity index (χ1) is 4.22. The normalized spacial score (nSPS) is 13.2. The predicted octanol–water partition coefficient (Wildman–Crippen LogP) is 1.24. The molecular weight excluding hydrogens is 112 g/mol. The smallest absolute Gasteiger partial charge is 0.0638 e. The molecule has 0 aromatic carbocycles. The van der Waals surface area contributed by atoms with Gasteiger partial charge in [-0.25, -0.2) is 0 Å². The van der Waals surface area contributed by atoms with E-state index in [0.29, 0.717) is 12.5 Å². The van der Waals surface area contributed by atoms with Gasteiger partial charge in [0.1, 0.15) is 0 Å². The van der Waals surface area contributed by atoms with Gasteiger partial charge in [-0.3, -0.25) is 0 Å². The van der Waals surface area contributed by atoms with Crippen LogP contribution in [-0.2, 0) is 0 Å². The highest BCUT2D eigenvalue weighted by Crippen LogP contribution is 2.01. The largest absolute Gasteiger partial charge is 0.305 e. The summed E-state index contributed by atoms with van der Waals surface area (Å²) in [4.78, 5) is 2.09. The molecule has 0 saturated heterocycles. The Kier molecular flexibility index (Phi) is 4.08. The lowest BCUT2D eigenvalue weighted by atomic mass is 10.1. The Morgan fingerprint density at radius 3 is 2.22 bits per heavy atom. The second-order valence-electron chi connectivity index (χ2n) is 2.39. The Hall–Kier alpha value is -0.550. The van der Waals surface area contributed by atoms with E-state index in [1.165, 1.54) is 0 Å². The Morgan fingerprint density at radius 1 is 1.56 bits per heavy atom. The summed E-state index contributed by atoms with van der Waals surface area (Å²) < 4.78 is 0. The second-order valence-corrected chi connectivity index (χ2v) is 2.39.